The molecule has 0 radical (unpaired) electrons. The zero-order valence-corrected chi connectivity index (χ0v) is 13.0. The lowest BCUT2D eigenvalue weighted by molar-refractivity contribution is 0.340. The van der Waals surface area contributed by atoms with E-state index in [2.05, 4.69) is 21.2 Å². The summed E-state index contributed by atoms with van der Waals surface area (Å²) < 4.78 is 6.39. The van der Waals surface area contributed by atoms with Crippen molar-refractivity contribution in [3.63, 3.8) is 0 Å². The number of hydrogen-bond acceptors (Lipinski definition) is 2. The van der Waals surface area contributed by atoms with Gasteiger partial charge in [0.15, 0.2) is 0 Å². The summed E-state index contributed by atoms with van der Waals surface area (Å²) in [5.41, 5.74) is 2.11. The van der Waals surface area contributed by atoms with Gasteiger partial charge in [0, 0.05) is 21.7 Å². The van der Waals surface area contributed by atoms with Gasteiger partial charge in [-0.2, -0.15) is 0 Å². The quantitative estimate of drug-likeness (QED) is 0.816. The lowest BCUT2D eigenvalue weighted by atomic mass is 10.2. The van der Waals surface area contributed by atoms with Crippen molar-refractivity contribution in [2.24, 2.45) is 0 Å². The Kier molecular flexibility index (Phi) is 5.11. The van der Waals surface area contributed by atoms with Gasteiger partial charge in [-0.05, 0) is 48.9 Å². The fourth-order valence-corrected chi connectivity index (χ4v) is 2.44. The molecule has 1 N–H and O–H groups in total. The third-order valence-electron chi connectivity index (χ3n) is 2.66. The van der Waals surface area contributed by atoms with Gasteiger partial charge in [-0.3, -0.25) is 0 Å². The van der Waals surface area contributed by atoms with Crippen molar-refractivity contribution < 1.29 is 4.74 Å². The Hall–Kier alpha value is -1.19. The van der Waals surface area contributed by atoms with Crippen LogP contribution < -0.4 is 10.1 Å². The first kappa shape index (κ1) is 14.2. The first-order valence-electron chi connectivity index (χ1n) is 6.09. The van der Waals surface area contributed by atoms with E-state index in [1.165, 1.54) is 0 Å². The number of halogens is 2. The van der Waals surface area contributed by atoms with Crippen LogP contribution in [0.15, 0.2) is 46.9 Å². The SMILES string of the molecule is CCOc1ccc(NCc2ccc(Br)cc2Cl)cc1. The van der Waals surface area contributed by atoms with Crippen LogP contribution in [0.3, 0.4) is 0 Å². The third-order valence-corrected chi connectivity index (χ3v) is 3.51. The van der Waals surface area contributed by atoms with Gasteiger partial charge in [0.25, 0.3) is 0 Å². The molecule has 0 aliphatic heterocycles. The van der Waals surface area contributed by atoms with Crippen molar-refractivity contribution in [1.82, 2.24) is 0 Å². The molecule has 4 heteroatoms. The molecule has 2 aromatic carbocycles. The van der Waals surface area contributed by atoms with Crippen LogP contribution in [0.2, 0.25) is 5.02 Å². The van der Waals surface area contributed by atoms with Gasteiger partial charge >= 0.3 is 0 Å². The van der Waals surface area contributed by atoms with Crippen molar-refractivity contribution in [2.45, 2.75) is 13.5 Å². The molecule has 0 aliphatic rings. The van der Waals surface area contributed by atoms with Crippen LogP contribution in [0.4, 0.5) is 5.69 Å². The van der Waals surface area contributed by atoms with Crippen LogP contribution in [-0.2, 0) is 6.54 Å². The molecule has 19 heavy (non-hydrogen) atoms. The van der Waals surface area contributed by atoms with E-state index in [0.29, 0.717) is 13.2 Å². The second kappa shape index (κ2) is 6.83. The average Bonchev–Trinajstić information content (AvgIpc) is 2.40. The first-order valence-corrected chi connectivity index (χ1v) is 7.27. The highest BCUT2D eigenvalue weighted by molar-refractivity contribution is 9.10. The molecule has 0 aromatic heterocycles. The highest BCUT2D eigenvalue weighted by atomic mass is 79.9. The minimum absolute atomic E-state index is 0.682. The molecular formula is C15H15BrClNO. The minimum atomic E-state index is 0.682. The van der Waals surface area contributed by atoms with Crippen molar-refractivity contribution in [2.75, 3.05) is 11.9 Å². The van der Waals surface area contributed by atoms with Crippen molar-refractivity contribution in [3.8, 4) is 5.75 Å². The third kappa shape index (κ3) is 4.15. The van der Waals surface area contributed by atoms with E-state index in [9.17, 15) is 0 Å². The Morgan fingerprint density at radius 3 is 2.53 bits per heavy atom. The van der Waals surface area contributed by atoms with Crippen LogP contribution in [0.1, 0.15) is 12.5 Å². The Morgan fingerprint density at radius 1 is 1.16 bits per heavy atom. The van der Waals surface area contributed by atoms with Crippen molar-refractivity contribution >= 4 is 33.2 Å². The Morgan fingerprint density at radius 2 is 1.89 bits per heavy atom. The second-order valence-corrected chi connectivity index (χ2v) is 5.37. The molecule has 0 heterocycles. The van der Waals surface area contributed by atoms with Gasteiger partial charge in [0.05, 0.1) is 6.61 Å². The summed E-state index contributed by atoms with van der Waals surface area (Å²) in [7, 11) is 0. The van der Waals surface area contributed by atoms with E-state index in [1.54, 1.807) is 0 Å². The lowest BCUT2D eigenvalue weighted by Crippen LogP contribution is -2.00. The summed E-state index contributed by atoms with van der Waals surface area (Å²) in [6, 6.07) is 13.8. The molecule has 2 aromatic rings. The smallest absolute Gasteiger partial charge is 0.119 e. The first-order chi connectivity index (χ1) is 9.19. The number of rotatable bonds is 5. The molecule has 0 amide bonds. The topological polar surface area (TPSA) is 21.3 Å². The summed E-state index contributed by atoms with van der Waals surface area (Å²) in [5.74, 6) is 0.884. The Balaban J connectivity index is 1.98. The highest BCUT2D eigenvalue weighted by Gasteiger charge is 2.01. The number of ether oxygens (including phenoxy) is 1. The molecule has 0 saturated carbocycles. The largest absolute Gasteiger partial charge is 0.494 e. The molecule has 2 rings (SSSR count). The maximum atomic E-state index is 6.17. The van der Waals surface area contributed by atoms with E-state index in [4.69, 9.17) is 16.3 Å². The number of hydrogen-bond donors (Lipinski definition) is 1. The molecule has 0 spiro atoms. The van der Waals surface area contributed by atoms with E-state index in [0.717, 1.165) is 26.5 Å². The second-order valence-electron chi connectivity index (χ2n) is 4.05. The molecule has 0 fully saturated rings. The number of benzene rings is 2. The normalized spacial score (nSPS) is 10.3. The summed E-state index contributed by atoms with van der Waals surface area (Å²) >= 11 is 9.57. The van der Waals surface area contributed by atoms with Gasteiger partial charge in [-0.25, -0.2) is 0 Å². The van der Waals surface area contributed by atoms with E-state index in [-0.39, 0.29) is 0 Å². The molecule has 2 nitrogen and oxygen atoms in total. The Bertz CT molecular complexity index is 542. The van der Waals surface area contributed by atoms with Gasteiger partial charge < -0.3 is 10.1 Å². The van der Waals surface area contributed by atoms with Crippen LogP contribution in [-0.4, -0.2) is 6.61 Å². The van der Waals surface area contributed by atoms with Crippen LogP contribution in [0.5, 0.6) is 5.75 Å². The lowest BCUT2D eigenvalue weighted by Gasteiger charge is -2.09. The summed E-state index contributed by atoms with van der Waals surface area (Å²) in [6.45, 7) is 3.35. The molecule has 0 unspecified atom stereocenters. The molecule has 100 valence electrons. The number of nitrogens with one attached hydrogen (secondary N) is 1. The maximum absolute atomic E-state index is 6.17. The highest BCUT2D eigenvalue weighted by Crippen LogP contribution is 2.23. The van der Waals surface area contributed by atoms with Crippen LogP contribution >= 0.6 is 27.5 Å². The predicted octanol–water partition coefficient (Wildman–Crippen LogP) is 5.11. The van der Waals surface area contributed by atoms with Crippen LogP contribution in [0, 0.1) is 0 Å². The fourth-order valence-electron chi connectivity index (χ4n) is 1.70. The summed E-state index contributed by atoms with van der Waals surface area (Å²) in [5, 5.41) is 4.09. The summed E-state index contributed by atoms with van der Waals surface area (Å²) in [6.07, 6.45) is 0. The maximum Gasteiger partial charge on any atom is 0.119 e. The molecule has 0 atom stereocenters. The standard InChI is InChI=1S/C15H15BrClNO/c1-2-19-14-7-5-13(6-8-14)18-10-11-3-4-12(16)9-15(11)17/h3-9,18H,2,10H2,1H3. The van der Waals surface area contributed by atoms with E-state index >= 15 is 0 Å². The predicted molar refractivity (Wildman–Crippen MR) is 84.1 cm³/mol. The van der Waals surface area contributed by atoms with Gasteiger partial charge in [0.2, 0.25) is 0 Å². The van der Waals surface area contributed by atoms with Gasteiger partial charge in [0.1, 0.15) is 5.75 Å². The van der Waals surface area contributed by atoms with Gasteiger partial charge in [-0.1, -0.05) is 33.6 Å². The monoisotopic (exact) mass is 339 g/mol. The molecule has 0 aliphatic carbocycles. The van der Waals surface area contributed by atoms with E-state index < -0.39 is 0 Å². The van der Waals surface area contributed by atoms with Gasteiger partial charge in [-0.15, -0.1) is 0 Å². The molecule has 0 bridgehead atoms. The van der Waals surface area contributed by atoms with Crippen molar-refractivity contribution in [3.05, 3.63) is 57.5 Å². The summed E-state index contributed by atoms with van der Waals surface area (Å²) in [4.78, 5) is 0. The fraction of sp³-hybridized carbons (Fsp3) is 0.200. The number of anilines is 1. The minimum Gasteiger partial charge on any atom is -0.494 e. The molecule has 0 saturated heterocycles. The van der Waals surface area contributed by atoms with E-state index in [1.807, 2.05) is 49.4 Å². The zero-order chi connectivity index (χ0) is 13.7. The van der Waals surface area contributed by atoms with Crippen molar-refractivity contribution in [1.29, 1.82) is 0 Å². The average molecular weight is 341 g/mol. The zero-order valence-electron chi connectivity index (χ0n) is 10.6. The van der Waals surface area contributed by atoms with Crippen LogP contribution in [0.25, 0.3) is 0 Å². The Labute approximate surface area is 126 Å². The molecular weight excluding hydrogens is 326 g/mol.